The lowest BCUT2D eigenvalue weighted by Gasteiger charge is -2.37. The quantitative estimate of drug-likeness (QED) is 0.367. The largest absolute Gasteiger partial charge is 0.368 e. The number of nitrogens with one attached hydrogen (secondary N) is 1. The van der Waals surface area contributed by atoms with Crippen molar-refractivity contribution in [1.29, 1.82) is 0 Å². The Morgan fingerprint density at radius 3 is 2.47 bits per heavy atom. The fourth-order valence-electron chi connectivity index (χ4n) is 4.21. The van der Waals surface area contributed by atoms with E-state index < -0.39 is 11.6 Å². The summed E-state index contributed by atoms with van der Waals surface area (Å²) in [5.74, 6) is -0.327. The molecule has 0 spiro atoms. The molecule has 1 amide bonds. The second-order valence-corrected chi connectivity index (χ2v) is 7.84. The normalized spacial score (nSPS) is 26.4. The number of carbonyl (C=O) groups excluding carboxylic acids is 1. The molecule has 4 rings (SSSR count). The lowest BCUT2D eigenvalue weighted by Crippen LogP contribution is -2.55. The number of ether oxygens (including phenoxy) is 1. The number of hydrogen-bond donors (Lipinski definition) is 1. The summed E-state index contributed by atoms with van der Waals surface area (Å²) >= 11 is 0. The second kappa shape index (κ2) is 10.2. The molecule has 3 aliphatic rings. The molecule has 166 valence electrons. The average Bonchev–Trinajstić information content (AvgIpc) is 3.24. The van der Waals surface area contributed by atoms with Crippen molar-refractivity contribution in [2.75, 3.05) is 39.3 Å². The van der Waals surface area contributed by atoms with Gasteiger partial charge in [0, 0.05) is 56.9 Å². The number of carbonyl (C=O) groups is 1. The number of piperazine rings is 1. The number of aliphatic imine (C=N–C) groups is 1. The Bertz CT molecular complexity index is 760. The van der Waals surface area contributed by atoms with Crippen LogP contribution in [0.25, 0.3) is 0 Å². The monoisotopic (exact) mass is 534 g/mol. The van der Waals surface area contributed by atoms with Gasteiger partial charge in [0.2, 0.25) is 0 Å². The molecule has 30 heavy (non-hydrogen) atoms. The lowest BCUT2D eigenvalue weighted by atomic mass is 10.1. The van der Waals surface area contributed by atoms with Crippen LogP contribution in [0.5, 0.6) is 0 Å². The zero-order valence-electron chi connectivity index (χ0n) is 17.2. The Kier molecular flexibility index (Phi) is 7.89. The highest BCUT2D eigenvalue weighted by atomic mass is 127. The molecule has 3 fully saturated rings. The van der Waals surface area contributed by atoms with Gasteiger partial charge in [0.1, 0.15) is 17.7 Å². The van der Waals surface area contributed by atoms with E-state index in [1.54, 1.807) is 0 Å². The van der Waals surface area contributed by atoms with Gasteiger partial charge in [-0.05, 0) is 38.3 Å². The molecule has 1 aliphatic carbocycles. The first-order valence-electron chi connectivity index (χ1n) is 10.5. The standard InChI is InChI=1S/C21H28F2N4O2.HI/c1-2-24-21(25-17-13-14(17)19-15(22)5-3-6-16(19)23)27-10-8-26(9-11-27)20(28)18-7-4-12-29-18;/h3,5-6,14,17-18H,2,4,7-13H2,1H3,(H,24,25);1H. The summed E-state index contributed by atoms with van der Waals surface area (Å²) in [6.45, 7) is 5.84. The van der Waals surface area contributed by atoms with E-state index in [9.17, 15) is 13.6 Å². The van der Waals surface area contributed by atoms with E-state index >= 15 is 0 Å². The molecule has 1 aromatic rings. The van der Waals surface area contributed by atoms with Crippen LogP contribution in [0, 0.1) is 11.6 Å². The van der Waals surface area contributed by atoms with Crippen LogP contribution >= 0.6 is 24.0 Å². The summed E-state index contributed by atoms with van der Waals surface area (Å²) in [5.41, 5.74) is 0.160. The predicted octanol–water partition coefficient (Wildman–Crippen LogP) is 2.73. The number of amides is 1. The van der Waals surface area contributed by atoms with Gasteiger partial charge >= 0.3 is 0 Å². The van der Waals surface area contributed by atoms with Crippen LogP contribution in [-0.2, 0) is 9.53 Å². The molecule has 3 atom stereocenters. The molecule has 6 nitrogen and oxygen atoms in total. The first-order chi connectivity index (χ1) is 14.1. The molecule has 1 saturated carbocycles. The third-order valence-electron chi connectivity index (χ3n) is 5.88. The van der Waals surface area contributed by atoms with Gasteiger partial charge in [-0.1, -0.05) is 6.07 Å². The van der Waals surface area contributed by atoms with E-state index in [0.717, 1.165) is 18.8 Å². The molecule has 1 N–H and O–H groups in total. The topological polar surface area (TPSA) is 57.2 Å². The predicted molar refractivity (Wildman–Crippen MR) is 121 cm³/mol. The Balaban J connectivity index is 0.00000256. The number of halogens is 3. The summed E-state index contributed by atoms with van der Waals surface area (Å²) in [6.07, 6.45) is 2.14. The Morgan fingerprint density at radius 2 is 1.87 bits per heavy atom. The highest BCUT2D eigenvalue weighted by Crippen LogP contribution is 2.43. The zero-order valence-corrected chi connectivity index (χ0v) is 19.5. The molecule has 0 bridgehead atoms. The smallest absolute Gasteiger partial charge is 0.251 e. The highest BCUT2D eigenvalue weighted by molar-refractivity contribution is 14.0. The molecule has 3 unspecified atom stereocenters. The zero-order chi connectivity index (χ0) is 20.4. The summed E-state index contributed by atoms with van der Waals surface area (Å²) in [5, 5.41) is 3.38. The van der Waals surface area contributed by atoms with Gasteiger partial charge < -0.3 is 19.9 Å². The van der Waals surface area contributed by atoms with E-state index in [-0.39, 0.29) is 53.5 Å². The SMILES string of the molecule is CCN=C(NC1CC1c1c(F)cccc1F)N1CCN(C(=O)C2CCCO2)CC1.I. The van der Waals surface area contributed by atoms with Crippen molar-refractivity contribution in [2.45, 2.75) is 44.2 Å². The second-order valence-electron chi connectivity index (χ2n) is 7.84. The molecule has 0 aromatic heterocycles. The maximum atomic E-state index is 14.0. The van der Waals surface area contributed by atoms with E-state index in [1.807, 2.05) is 11.8 Å². The number of guanidine groups is 1. The van der Waals surface area contributed by atoms with Gasteiger partial charge in [0.15, 0.2) is 5.96 Å². The number of rotatable bonds is 4. The van der Waals surface area contributed by atoms with Crippen LogP contribution in [0.15, 0.2) is 23.2 Å². The van der Waals surface area contributed by atoms with E-state index in [0.29, 0.717) is 45.8 Å². The van der Waals surface area contributed by atoms with Crippen LogP contribution in [0.3, 0.4) is 0 Å². The van der Waals surface area contributed by atoms with Crippen molar-refractivity contribution < 1.29 is 18.3 Å². The minimum Gasteiger partial charge on any atom is -0.368 e. The van der Waals surface area contributed by atoms with Gasteiger partial charge in [-0.25, -0.2) is 8.78 Å². The van der Waals surface area contributed by atoms with E-state index in [4.69, 9.17) is 4.74 Å². The highest BCUT2D eigenvalue weighted by Gasteiger charge is 2.43. The molecule has 2 saturated heterocycles. The van der Waals surface area contributed by atoms with Gasteiger partial charge in [0.05, 0.1) is 0 Å². The van der Waals surface area contributed by atoms with Gasteiger partial charge in [-0.2, -0.15) is 0 Å². The van der Waals surface area contributed by atoms with Gasteiger partial charge in [-0.15, -0.1) is 24.0 Å². The van der Waals surface area contributed by atoms with Crippen molar-refractivity contribution >= 4 is 35.8 Å². The molecular weight excluding hydrogens is 505 g/mol. The molecule has 0 radical (unpaired) electrons. The van der Waals surface area contributed by atoms with Crippen molar-refractivity contribution in [3.8, 4) is 0 Å². The molecule has 2 aliphatic heterocycles. The first-order valence-corrected chi connectivity index (χ1v) is 10.5. The molecule has 2 heterocycles. The summed E-state index contributed by atoms with van der Waals surface area (Å²) in [6, 6.07) is 3.97. The maximum Gasteiger partial charge on any atom is 0.251 e. The molecule has 9 heteroatoms. The fraction of sp³-hybridized carbons (Fsp3) is 0.619. The summed E-state index contributed by atoms with van der Waals surface area (Å²) < 4.78 is 33.6. The number of hydrogen-bond acceptors (Lipinski definition) is 3. The van der Waals surface area contributed by atoms with Gasteiger partial charge in [0.25, 0.3) is 5.91 Å². The minimum atomic E-state index is -0.491. The summed E-state index contributed by atoms with van der Waals surface area (Å²) in [4.78, 5) is 21.1. The van der Waals surface area contributed by atoms with Crippen LogP contribution in [0.1, 0.15) is 37.7 Å². The van der Waals surface area contributed by atoms with Gasteiger partial charge in [-0.3, -0.25) is 9.79 Å². The summed E-state index contributed by atoms with van der Waals surface area (Å²) in [7, 11) is 0. The van der Waals surface area contributed by atoms with E-state index in [1.165, 1.54) is 18.2 Å². The van der Waals surface area contributed by atoms with Crippen molar-refractivity contribution in [2.24, 2.45) is 4.99 Å². The Morgan fingerprint density at radius 1 is 1.20 bits per heavy atom. The van der Waals surface area contributed by atoms with E-state index in [2.05, 4.69) is 15.2 Å². The average molecular weight is 534 g/mol. The van der Waals surface area contributed by atoms with Crippen LogP contribution in [-0.4, -0.2) is 73.1 Å². The Hall–Kier alpha value is -1.49. The van der Waals surface area contributed by atoms with Crippen molar-refractivity contribution in [3.63, 3.8) is 0 Å². The Labute approximate surface area is 193 Å². The minimum absolute atomic E-state index is 0. The number of nitrogens with zero attached hydrogens (tertiary/aromatic N) is 3. The fourth-order valence-corrected chi connectivity index (χ4v) is 4.21. The first kappa shape index (κ1) is 23.2. The molecule has 1 aromatic carbocycles. The lowest BCUT2D eigenvalue weighted by molar-refractivity contribution is -0.142. The van der Waals surface area contributed by atoms with Crippen LogP contribution in [0.4, 0.5) is 8.78 Å². The molecular formula is C21H29F2IN4O2. The van der Waals surface area contributed by atoms with Crippen LogP contribution < -0.4 is 5.32 Å². The van der Waals surface area contributed by atoms with Crippen LogP contribution in [0.2, 0.25) is 0 Å². The third-order valence-corrected chi connectivity index (χ3v) is 5.88. The number of benzene rings is 1. The maximum absolute atomic E-state index is 14.0. The van der Waals surface area contributed by atoms with Crippen molar-refractivity contribution in [1.82, 2.24) is 15.1 Å². The van der Waals surface area contributed by atoms with Crippen molar-refractivity contribution in [3.05, 3.63) is 35.4 Å². The third kappa shape index (κ3) is 5.04.